The lowest BCUT2D eigenvalue weighted by Crippen LogP contribution is -2.46. The van der Waals surface area contributed by atoms with E-state index in [-0.39, 0.29) is 17.3 Å². The monoisotopic (exact) mass is 662 g/mol. The number of likely N-dealkylation sites (N-methyl/N-ethyl adjacent to an activating group) is 1. The van der Waals surface area contributed by atoms with E-state index >= 15 is 0 Å². The number of aryl methyl sites for hydroxylation is 1. The van der Waals surface area contributed by atoms with Gasteiger partial charge in [-0.3, -0.25) is 4.72 Å². The van der Waals surface area contributed by atoms with Gasteiger partial charge in [-0.15, -0.1) is 0 Å². The highest BCUT2D eigenvalue weighted by atomic mass is 32.2. The molecule has 0 aliphatic rings. The Bertz CT molecular complexity index is 1450. The van der Waals surface area contributed by atoms with E-state index in [9.17, 15) is 13.2 Å². The van der Waals surface area contributed by atoms with E-state index in [1.165, 1.54) is 18.2 Å². The van der Waals surface area contributed by atoms with Crippen LogP contribution < -0.4 is 14.9 Å². The van der Waals surface area contributed by atoms with Gasteiger partial charge in [0, 0.05) is 51.2 Å². The molecule has 14 nitrogen and oxygen atoms in total. The number of nitrogens with one attached hydrogen (secondary N) is 2. The number of azo groups is 1. The maximum absolute atomic E-state index is 12.5. The first-order valence-electron chi connectivity index (χ1n) is 14.7. The van der Waals surface area contributed by atoms with Crippen LogP contribution in [0.25, 0.3) is 0 Å². The number of carbonyl (C=O) groups excluding carboxylic acids is 1. The van der Waals surface area contributed by atoms with Crippen LogP contribution in [0, 0.1) is 6.92 Å². The first-order chi connectivity index (χ1) is 21.6. The number of benzene rings is 2. The van der Waals surface area contributed by atoms with Crippen LogP contribution in [0.3, 0.4) is 0 Å². The third-order valence-electron chi connectivity index (χ3n) is 6.27. The first-order valence-corrected chi connectivity index (χ1v) is 18.1. The molecule has 0 unspecified atom stereocenters. The highest BCUT2D eigenvalue weighted by Gasteiger charge is 2.39. The van der Waals surface area contributed by atoms with Crippen molar-refractivity contribution in [1.82, 2.24) is 10.5 Å². The number of carbonyl (C=O) groups is 1. The molecule has 2 N–H and O–H groups in total. The van der Waals surface area contributed by atoms with Gasteiger partial charge in [-0.1, -0.05) is 5.16 Å². The van der Waals surface area contributed by atoms with Crippen LogP contribution in [0.5, 0.6) is 0 Å². The average molecular weight is 663 g/mol. The number of hydrogen-bond donors (Lipinski definition) is 2. The Labute approximate surface area is 265 Å². The zero-order valence-corrected chi connectivity index (χ0v) is 28.1. The van der Waals surface area contributed by atoms with Crippen molar-refractivity contribution in [3.8, 4) is 0 Å². The van der Waals surface area contributed by atoms with E-state index < -0.39 is 24.9 Å². The Hall–Kier alpha value is -3.83. The fourth-order valence-electron chi connectivity index (χ4n) is 4.14. The van der Waals surface area contributed by atoms with Crippen molar-refractivity contribution in [2.75, 3.05) is 56.2 Å². The molecule has 3 rings (SSSR count). The fourth-order valence-corrected chi connectivity index (χ4v) is 7.74. The Balaban J connectivity index is 1.40. The summed E-state index contributed by atoms with van der Waals surface area (Å²) in [6, 6.07) is 15.5. The van der Waals surface area contributed by atoms with Gasteiger partial charge in [0.05, 0.1) is 22.8 Å². The molecule has 0 saturated heterocycles. The number of amides is 1. The van der Waals surface area contributed by atoms with Gasteiger partial charge in [0.1, 0.15) is 12.4 Å². The molecule has 1 amide bonds. The summed E-state index contributed by atoms with van der Waals surface area (Å²) in [5.74, 6) is 0.601. The van der Waals surface area contributed by atoms with Crippen molar-refractivity contribution in [3.05, 3.63) is 60.4 Å². The molecular weight excluding hydrogens is 621 g/mol. The molecule has 16 heteroatoms. The maximum atomic E-state index is 12.5. The molecule has 0 atom stereocenters. The van der Waals surface area contributed by atoms with E-state index in [1.54, 1.807) is 19.1 Å². The fraction of sp³-hybridized carbons (Fsp3) is 0.448. The summed E-state index contributed by atoms with van der Waals surface area (Å²) in [4.78, 5) is 14.2. The second-order valence-electron chi connectivity index (χ2n) is 9.71. The van der Waals surface area contributed by atoms with Gasteiger partial charge < -0.3 is 32.8 Å². The molecule has 0 saturated carbocycles. The van der Waals surface area contributed by atoms with E-state index in [2.05, 4.69) is 25.4 Å². The van der Waals surface area contributed by atoms with Gasteiger partial charge in [0.2, 0.25) is 0 Å². The molecule has 0 fully saturated rings. The summed E-state index contributed by atoms with van der Waals surface area (Å²) in [6.07, 6.45) is 0.169. The summed E-state index contributed by atoms with van der Waals surface area (Å²) >= 11 is 0. The number of hydrogen-bond acceptors (Lipinski definition) is 12. The summed E-state index contributed by atoms with van der Waals surface area (Å²) in [5.41, 5.74) is 2.01. The minimum atomic E-state index is -3.82. The quantitative estimate of drug-likeness (QED) is 0.0910. The lowest BCUT2D eigenvalue weighted by atomic mass is 10.2. The number of nitrogens with zero attached hydrogens (tertiary/aromatic N) is 4. The highest BCUT2D eigenvalue weighted by molar-refractivity contribution is 7.92. The lowest BCUT2D eigenvalue weighted by Gasteiger charge is -2.28. The highest BCUT2D eigenvalue weighted by Crippen LogP contribution is 2.24. The number of rotatable bonds is 19. The zero-order chi connectivity index (χ0) is 32.7. The summed E-state index contributed by atoms with van der Waals surface area (Å²) in [6.45, 7) is 10.1. The third-order valence-corrected chi connectivity index (χ3v) is 10.8. The van der Waals surface area contributed by atoms with E-state index in [0.717, 1.165) is 5.69 Å². The van der Waals surface area contributed by atoms with Crippen molar-refractivity contribution in [2.45, 2.75) is 45.1 Å². The maximum Gasteiger partial charge on any atom is 0.500 e. The normalized spacial score (nSPS) is 11.9. The third kappa shape index (κ3) is 11.6. The number of alkyl carbamates (subject to hydrolysis) is 1. The predicted octanol–water partition coefficient (Wildman–Crippen LogP) is 5.80. The van der Waals surface area contributed by atoms with Crippen molar-refractivity contribution in [1.29, 1.82) is 0 Å². The average Bonchev–Trinajstić information content (AvgIpc) is 3.42. The molecular formula is C29H42N6O8SSi. The Morgan fingerprint density at radius 3 is 2.07 bits per heavy atom. The minimum Gasteiger partial charge on any atom is -0.448 e. The molecule has 0 bridgehead atoms. The molecule has 45 heavy (non-hydrogen) atoms. The number of ether oxygens (including phenoxy) is 1. The van der Waals surface area contributed by atoms with Crippen LogP contribution in [0.1, 0.15) is 33.0 Å². The summed E-state index contributed by atoms with van der Waals surface area (Å²) in [7, 11) is -4.65. The topological polar surface area (TPSA) is 166 Å². The Morgan fingerprint density at radius 2 is 1.53 bits per heavy atom. The molecule has 0 radical (unpaired) electrons. The molecule has 3 aromatic rings. The van der Waals surface area contributed by atoms with Crippen LogP contribution in [-0.2, 0) is 28.0 Å². The Kier molecular flexibility index (Phi) is 13.9. The van der Waals surface area contributed by atoms with Gasteiger partial charge >= 0.3 is 14.9 Å². The number of aromatic nitrogens is 1. The largest absolute Gasteiger partial charge is 0.500 e. The van der Waals surface area contributed by atoms with E-state index in [4.69, 9.17) is 22.5 Å². The van der Waals surface area contributed by atoms with Gasteiger partial charge in [-0.25, -0.2) is 13.2 Å². The van der Waals surface area contributed by atoms with Crippen molar-refractivity contribution < 1.29 is 35.8 Å². The minimum absolute atomic E-state index is 0.0565. The standard InChI is InChI=1S/C29H42N6O8SSi/c1-6-40-45(41-7-2,42-8-3)21-9-18-30-29(36)39-20-19-35(5)26-14-10-24(11-15-26)31-32-25-12-16-27(17-13-25)44(37,38)34-28-22-23(4)43-33-28/h10-17,22H,6-9,18-21H2,1-5H3,(H,30,36)(H,33,34). The second kappa shape index (κ2) is 17.6. The van der Waals surface area contributed by atoms with Gasteiger partial charge in [-0.05, 0) is 82.6 Å². The summed E-state index contributed by atoms with van der Waals surface area (Å²) in [5, 5.41) is 14.8. The molecule has 246 valence electrons. The smallest absolute Gasteiger partial charge is 0.448 e. The molecule has 0 spiro atoms. The van der Waals surface area contributed by atoms with Crippen LogP contribution in [0.15, 0.2) is 74.2 Å². The van der Waals surface area contributed by atoms with Crippen LogP contribution >= 0.6 is 0 Å². The van der Waals surface area contributed by atoms with Crippen molar-refractivity contribution in [3.63, 3.8) is 0 Å². The van der Waals surface area contributed by atoms with Gasteiger partial charge in [0.15, 0.2) is 5.82 Å². The first kappa shape index (κ1) is 35.6. The van der Waals surface area contributed by atoms with Crippen LogP contribution in [0.4, 0.5) is 27.7 Å². The SMILES string of the molecule is CCO[Si](CCCNC(=O)OCCN(C)c1ccc(N=Nc2ccc(S(=O)(=O)Nc3cc(C)on3)cc2)cc1)(OCC)OCC. The second-order valence-corrected chi connectivity index (χ2v) is 14.1. The number of anilines is 2. The van der Waals surface area contributed by atoms with Crippen LogP contribution in [0.2, 0.25) is 6.04 Å². The Morgan fingerprint density at radius 1 is 0.956 bits per heavy atom. The lowest BCUT2D eigenvalue weighted by molar-refractivity contribution is 0.0706. The molecule has 0 aliphatic heterocycles. The van der Waals surface area contributed by atoms with Gasteiger partial charge in [0.25, 0.3) is 10.0 Å². The van der Waals surface area contributed by atoms with E-state index in [1.807, 2.05) is 57.0 Å². The number of sulfonamides is 1. The molecule has 2 aromatic carbocycles. The zero-order valence-electron chi connectivity index (χ0n) is 26.3. The summed E-state index contributed by atoms with van der Waals surface area (Å²) < 4.78 is 55.1. The van der Waals surface area contributed by atoms with Gasteiger partial charge in [-0.2, -0.15) is 10.2 Å². The predicted molar refractivity (Wildman–Crippen MR) is 172 cm³/mol. The van der Waals surface area contributed by atoms with E-state index in [0.29, 0.717) is 62.5 Å². The van der Waals surface area contributed by atoms with Crippen molar-refractivity contribution >= 4 is 47.8 Å². The molecule has 1 aromatic heterocycles. The molecule has 1 heterocycles. The van der Waals surface area contributed by atoms with Crippen molar-refractivity contribution in [2.24, 2.45) is 10.2 Å². The van der Waals surface area contributed by atoms with Crippen LogP contribution in [-0.4, -0.2) is 75.0 Å². The molecule has 0 aliphatic carbocycles.